The quantitative estimate of drug-likeness (QED) is 0.725. The van der Waals surface area contributed by atoms with Gasteiger partial charge in [0.15, 0.2) is 5.69 Å². The second-order valence-electron chi connectivity index (χ2n) is 5.87. The lowest BCUT2D eigenvalue weighted by Gasteiger charge is -2.05. The molecule has 7 heteroatoms. The van der Waals surface area contributed by atoms with Crippen molar-refractivity contribution in [3.8, 4) is 5.88 Å². The number of carbonyl (C=O) groups is 1. The molecular weight excluding hydrogens is 306 g/mol. The van der Waals surface area contributed by atoms with Gasteiger partial charge >= 0.3 is 0 Å². The Morgan fingerprint density at radius 1 is 1.33 bits per heavy atom. The summed E-state index contributed by atoms with van der Waals surface area (Å²) >= 11 is 0. The summed E-state index contributed by atoms with van der Waals surface area (Å²) in [5.74, 6) is 0.501. The third-order valence-corrected chi connectivity index (χ3v) is 4.20. The van der Waals surface area contributed by atoms with Gasteiger partial charge in [0.25, 0.3) is 5.91 Å². The Morgan fingerprint density at radius 3 is 3.08 bits per heavy atom. The number of hydrogen-bond donors (Lipinski definition) is 1. The topological polar surface area (TPSA) is 74.0 Å². The number of fused-ring (bicyclic) bond motifs is 2. The number of hydrogen-bond acceptors (Lipinski definition) is 4. The predicted octanol–water partition coefficient (Wildman–Crippen LogP) is 1.75. The number of ether oxygens (including phenoxy) is 1. The fraction of sp³-hybridized carbons (Fsp3) is 0.353. The highest BCUT2D eigenvalue weighted by Gasteiger charge is 2.18. The Bertz CT molecular complexity index is 874. The molecule has 0 fully saturated rings. The lowest BCUT2D eigenvalue weighted by molar-refractivity contribution is 0.0946. The minimum atomic E-state index is -0.165. The number of aryl methyl sites for hydroxylation is 2. The van der Waals surface area contributed by atoms with Crippen LogP contribution in [0.4, 0.5) is 0 Å². The van der Waals surface area contributed by atoms with E-state index in [0.29, 0.717) is 31.3 Å². The van der Waals surface area contributed by atoms with E-state index >= 15 is 0 Å². The van der Waals surface area contributed by atoms with Crippen LogP contribution in [0.2, 0.25) is 0 Å². The first-order chi connectivity index (χ1) is 11.7. The Balaban J connectivity index is 1.33. The zero-order valence-electron chi connectivity index (χ0n) is 13.5. The van der Waals surface area contributed by atoms with Crippen molar-refractivity contribution in [3.63, 3.8) is 0 Å². The third kappa shape index (κ3) is 2.62. The average Bonchev–Trinajstić information content (AvgIpc) is 3.26. The van der Waals surface area contributed by atoms with Crippen LogP contribution in [0.1, 0.15) is 22.6 Å². The van der Waals surface area contributed by atoms with Crippen LogP contribution in [0.15, 0.2) is 30.3 Å². The standard InChI is InChI=1S/C17H19N5O2/c1-12-13-5-2-3-6-15(13)21(19-12)8-4-7-18-17(23)14-11-16-22(20-14)9-10-24-16/h2-3,5-6,11H,4,7-10H2,1H3,(H,18,23). The van der Waals surface area contributed by atoms with E-state index in [9.17, 15) is 4.79 Å². The van der Waals surface area contributed by atoms with E-state index in [2.05, 4.69) is 27.6 Å². The van der Waals surface area contributed by atoms with Crippen LogP contribution in [0.25, 0.3) is 10.9 Å². The van der Waals surface area contributed by atoms with Crippen LogP contribution in [-0.4, -0.2) is 38.6 Å². The van der Waals surface area contributed by atoms with Crippen molar-refractivity contribution in [1.82, 2.24) is 24.9 Å². The Labute approximate surface area is 139 Å². The maximum Gasteiger partial charge on any atom is 0.271 e. The summed E-state index contributed by atoms with van der Waals surface area (Å²) < 4.78 is 9.08. The molecule has 1 aromatic carbocycles. The molecular formula is C17H19N5O2. The molecule has 1 amide bonds. The highest BCUT2D eigenvalue weighted by molar-refractivity contribution is 5.92. The van der Waals surface area contributed by atoms with Gasteiger partial charge in [-0.25, -0.2) is 4.68 Å². The summed E-state index contributed by atoms with van der Waals surface area (Å²) in [5.41, 5.74) is 2.57. The molecule has 0 radical (unpaired) electrons. The molecule has 24 heavy (non-hydrogen) atoms. The first kappa shape index (κ1) is 14.7. The molecule has 0 saturated heterocycles. The van der Waals surface area contributed by atoms with Crippen molar-refractivity contribution in [3.05, 3.63) is 41.7 Å². The number of para-hydroxylation sites is 1. The van der Waals surface area contributed by atoms with Crippen LogP contribution in [0, 0.1) is 6.92 Å². The SMILES string of the molecule is Cc1nn(CCCNC(=O)c2cc3n(n2)CCO3)c2ccccc12. The van der Waals surface area contributed by atoms with Crippen LogP contribution in [-0.2, 0) is 13.1 Å². The minimum Gasteiger partial charge on any atom is -0.476 e. The molecule has 0 atom stereocenters. The molecule has 2 aromatic heterocycles. The van der Waals surface area contributed by atoms with Gasteiger partial charge in [0.1, 0.15) is 6.61 Å². The predicted molar refractivity (Wildman–Crippen MR) is 89.1 cm³/mol. The second kappa shape index (κ2) is 5.99. The van der Waals surface area contributed by atoms with Gasteiger partial charge in [-0.1, -0.05) is 18.2 Å². The summed E-state index contributed by atoms with van der Waals surface area (Å²) in [6, 6.07) is 9.87. The van der Waals surface area contributed by atoms with E-state index in [1.54, 1.807) is 10.7 Å². The van der Waals surface area contributed by atoms with Gasteiger partial charge in [-0.05, 0) is 19.4 Å². The smallest absolute Gasteiger partial charge is 0.271 e. The molecule has 3 heterocycles. The van der Waals surface area contributed by atoms with E-state index < -0.39 is 0 Å². The summed E-state index contributed by atoms with van der Waals surface area (Å²) in [4.78, 5) is 12.1. The average molecular weight is 325 g/mol. The number of benzene rings is 1. The van der Waals surface area contributed by atoms with E-state index in [1.807, 2.05) is 23.7 Å². The van der Waals surface area contributed by atoms with E-state index in [1.165, 1.54) is 5.39 Å². The summed E-state index contributed by atoms with van der Waals surface area (Å²) in [6.07, 6.45) is 0.806. The van der Waals surface area contributed by atoms with E-state index in [4.69, 9.17) is 4.74 Å². The molecule has 0 unspecified atom stereocenters. The van der Waals surface area contributed by atoms with Crippen LogP contribution in [0.5, 0.6) is 5.88 Å². The molecule has 0 aliphatic carbocycles. The largest absolute Gasteiger partial charge is 0.476 e. The lowest BCUT2D eigenvalue weighted by atomic mass is 10.2. The highest BCUT2D eigenvalue weighted by atomic mass is 16.5. The Kier molecular flexibility index (Phi) is 3.68. The van der Waals surface area contributed by atoms with Crippen molar-refractivity contribution >= 4 is 16.8 Å². The van der Waals surface area contributed by atoms with Gasteiger partial charge in [0.2, 0.25) is 5.88 Å². The number of carbonyl (C=O) groups excluding carboxylic acids is 1. The first-order valence-electron chi connectivity index (χ1n) is 8.13. The molecule has 124 valence electrons. The van der Waals surface area contributed by atoms with Crippen molar-refractivity contribution < 1.29 is 9.53 Å². The van der Waals surface area contributed by atoms with Gasteiger partial charge in [0, 0.05) is 24.5 Å². The van der Waals surface area contributed by atoms with Crippen molar-refractivity contribution in [2.45, 2.75) is 26.4 Å². The fourth-order valence-electron chi connectivity index (χ4n) is 3.01. The molecule has 1 aliphatic rings. The monoisotopic (exact) mass is 325 g/mol. The number of rotatable bonds is 5. The lowest BCUT2D eigenvalue weighted by Crippen LogP contribution is -2.26. The normalized spacial score (nSPS) is 13.0. The van der Waals surface area contributed by atoms with E-state index in [0.717, 1.165) is 24.2 Å². The molecule has 0 bridgehead atoms. The molecule has 3 aromatic rings. The molecule has 1 N–H and O–H groups in total. The molecule has 1 aliphatic heterocycles. The molecule has 0 saturated carbocycles. The molecule has 0 spiro atoms. The Morgan fingerprint density at radius 2 is 2.21 bits per heavy atom. The zero-order valence-corrected chi connectivity index (χ0v) is 13.5. The van der Waals surface area contributed by atoms with Crippen LogP contribution in [0.3, 0.4) is 0 Å². The van der Waals surface area contributed by atoms with Gasteiger partial charge in [-0.15, -0.1) is 0 Å². The maximum absolute atomic E-state index is 12.1. The number of nitrogens with zero attached hydrogens (tertiary/aromatic N) is 4. The summed E-state index contributed by atoms with van der Waals surface area (Å²) in [5, 5.41) is 12.9. The second-order valence-corrected chi connectivity index (χ2v) is 5.87. The third-order valence-electron chi connectivity index (χ3n) is 4.20. The van der Waals surface area contributed by atoms with Crippen LogP contribution < -0.4 is 10.1 Å². The van der Waals surface area contributed by atoms with Gasteiger partial charge in [-0.2, -0.15) is 10.2 Å². The van der Waals surface area contributed by atoms with Crippen LogP contribution >= 0.6 is 0 Å². The van der Waals surface area contributed by atoms with Gasteiger partial charge in [-0.3, -0.25) is 9.48 Å². The maximum atomic E-state index is 12.1. The zero-order chi connectivity index (χ0) is 16.5. The number of nitrogens with one attached hydrogen (secondary N) is 1. The van der Waals surface area contributed by atoms with Crippen molar-refractivity contribution in [2.24, 2.45) is 0 Å². The Hall–Kier alpha value is -2.83. The fourth-order valence-corrected chi connectivity index (χ4v) is 3.01. The van der Waals surface area contributed by atoms with E-state index in [-0.39, 0.29) is 5.91 Å². The van der Waals surface area contributed by atoms with Crippen molar-refractivity contribution in [1.29, 1.82) is 0 Å². The summed E-state index contributed by atoms with van der Waals surface area (Å²) in [7, 11) is 0. The number of amides is 1. The minimum absolute atomic E-state index is 0.165. The summed E-state index contributed by atoms with van der Waals surface area (Å²) in [6.45, 7) is 4.68. The molecule has 7 nitrogen and oxygen atoms in total. The first-order valence-corrected chi connectivity index (χ1v) is 8.13. The molecule has 4 rings (SSSR count). The van der Waals surface area contributed by atoms with Gasteiger partial charge < -0.3 is 10.1 Å². The number of aromatic nitrogens is 4. The van der Waals surface area contributed by atoms with Crippen molar-refractivity contribution in [2.75, 3.05) is 13.2 Å². The highest BCUT2D eigenvalue weighted by Crippen LogP contribution is 2.19. The van der Waals surface area contributed by atoms with Gasteiger partial charge in [0.05, 0.1) is 17.8 Å².